The summed E-state index contributed by atoms with van der Waals surface area (Å²) in [5.41, 5.74) is 4.28. The summed E-state index contributed by atoms with van der Waals surface area (Å²) in [6, 6.07) is 6.95. The number of nitrogens with zero attached hydrogens (tertiary/aromatic N) is 1. The molecule has 1 saturated carbocycles. The van der Waals surface area contributed by atoms with E-state index in [0.717, 1.165) is 19.0 Å². The molecule has 1 aromatic rings. The van der Waals surface area contributed by atoms with Gasteiger partial charge in [0.25, 0.3) is 0 Å². The van der Waals surface area contributed by atoms with Gasteiger partial charge < -0.3 is 10.2 Å². The molecule has 21 heavy (non-hydrogen) atoms. The number of anilines is 1. The summed E-state index contributed by atoms with van der Waals surface area (Å²) in [6.07, 6.45) is 4.07. The van der Waals surface area contributed by atoms with Crippen LogP contribution in [0.25, 0.3) is 0 Å². The first kappa shape index (κ1) is 16.4. The Labute approximate surface area is 130 Å². The molecule has 1 aliphatic rings. The van der Waals surface area contributed by atoms with Crippen LogP contribution in [-0.4, -0.2) is 19.6 Å². The molecule has 0 spiro atoms. The second-order valence-corrected chi connectivity index (χ2v) is 7.05. The van der Waals surface area contributed by atoms with Crippen LogP contribution in [0.4, 0.5) is 5.69 Å². The molecule has 0 unspecified atom stereocenters. The molecule has 0 atom stereocenters. The van der Waals surface area contributed by atoms with Crippen LogP contribution < -0.4 is 10.2 Å². The molecule has 2 heteroatoms. The summed E-state index contributed by atoms with van der Waals surface area (Å²) in [4.78, 5) is 2.61. The zero-order valence-corrected chi connectivity index (χ0v) is 14.3. The molecule has 1 aliphatic carbocycles. The molecular formula is C19H32N2. The van der Waals surface area contributed by atoms with Crippen molar-refractivity contribution in [2.24, 2.45) is 11.8 Å². The first-order valence-corrected chi connectivity index (χ1v) is 8.65. The van der Waals surface area contributed by atoms with Gasteiger partial charge in [0, 0.05) is 25.3 Å². The molecule has 1 N–H and O–H groups in total. The van der Waals surface area contributed by atoms with Crippen LogP contribution in [0.3, 0.4) is 0 Å². The van der Waals surface area contributed by atoms with Gasteiger partial charge in [0.2, 0.25) is 0 Å². The van der Waals surface area contributed by atoms with Crippen LogP contribution in [0.15, 0.2) is 18.2 Å². The van der Waals surface area contributed by atoms with E-state index in [9.17, 15) is 0 Å². The Balaban J connectivity index is 2.10. The minimum absolute atomic E-state index is 0.705. The number of hydrogen-bond acceptors (Lipinski definition) is 2. The van der Waals surface area contributed by atoms with Crippen LogP contribution in [0, 0.1) is 18.8 Å². The highest BCUT2D eigenvalue weighted by atomic mass is 15.1. The van der Waals surface area contributed by atoms with Gasteiger partial charge in [-0.2, -0.15) is 0 Å². The van der Waals surface area contributed by atoms with E-state index in [2.05, 4.69) is 56.1 Å². The van der Waals surface area contributed by atoms with Crippen molar-refractivity contribution in [2.75, 3.05) is 24.5 Å². The average molecular weight is 288 g/mol. The van der Waals surface area contributed by atoms with Crippen LogP contribution in [0.5, 0.6) is 0 Å². The van der Waals surface area contributed by atoms with Gasteiger partial charge in [0.05, 0.1) is 0 Å². The minimum atomic E-state index is 0.705. The standard InChI is InChI=1S/C19H32N2/c1-5-10-21(14-17-7-8-17)19-9-6-16(4)11-18(19)13-20-12-15(2)3/h6,9,11,15,17,20H,5,7-8,10,12-14H2,1-4H3. The molecule has 0 heterocycles. The van der Waals surface area contributed by atoms with Crippen LogP contribution >= 0.6 is 0 Å². The highest BCUT2D eigenvalue weighted by molar-refractivity contribution is 5.55. The zero-order valence-electron chi connectivity index (χ0n) is 14.3. The van der Waals surface area contributed by atoms with Crippen molar-refractivity contribution in [3.8, 4) is 0 Å². The molecule has 0 saturated heterocycles. The highest BCUT2D eigenvalue weighted by Gasteiger charge is 2.25. The van der Waals surface area contributed by atoms with E-state index in [1.54, 1.807) is 0 Å². The van der Waals surface area contributed by atoms with E-state index in [4.69, 9.17) is 0 Å². The third-order valence-electron chi connectivity index (χ3n) is 4.11. The quantitative estimate of drug-likeness (QED) is 0.726. The topological polar surface area (TPSA) is 15.3 Å². The molecule has 118 valence electrons. The molecule has 2 nitrogen and oxygen atoms in total. The van der Waals surface area contributed by atoms with Gasteiger partial charge >= 0.3 is 0 Å². The van der Waals surface area contributed by atoms with E-state index in [0.29, 0.717) is 5.92 Å². The largest absolute Gasteiger partial charge is 0.371 e. The van der Waals surface area contributed by atoms with E-state index in [1.807, 2.05) is 0 Å². The molecule has 0 radical (unpaired) electrons. The molecule has 1 fully saturated rings. The zero-order chi connectivity index (χ0) is 15.2. The fourth-order valence-electron chi connectivity index (χ4n) is 2.85. The molecule has 0 amide bonds. The van der Waals surface area contributed by atoms with Crippen molar-refractivity contribution in [2.45, 2.75) is 53.5 Å². The fraction of sp³-hybridized carbons (Fsp3) is 0.684. The van der Waals surface area contributed by atoms with Gasteiger partial charge in [-0.15, -0.1) is 0 Å². The summed E-state index contributed by atoms with van der Waals surface area (Å²) >= 11 is 0. The lowest BCUT2D eigenvalue weighted by molar-refractivity contribution is 0.551. The predicted octanol–water partition coefficient (Wildman–Crippen LogP) is 4.37. The maximum absolute atomic E-state index is 3.61. The molecule has 1 aromatic carbocycles. The van der Waals surface area contributed by atoms with Gasteiger partial charge in [-0.25, -0.2) is 0 Å². The molecule has 0 bridgehead atoms. The Bertz CT molecular complexity index is 435. The van der Waals surface area contributed by atoms with Crippen molar-refractivity contribution < 1.29 is 0 Å². The van der Waals surface area contributed by atoms with Crippen LogP contribution in [0.2, 0.25) is 0 Å². The van der Waals surface area contributed by atoms with E-state index in [-0.39, 0.29) is 0 Å². The number of nitrogens with one attached hydrogen (secondary N) is 1. The maximum Gasteiger partial charge on any atom is 0.0412 e. The van der Waals surface area contributed by atoms with Crippen molar-refractivity contribution in [3.05, 3.63) is 29.3 Å². The van der Waals surface area contributed by atoms with Crippen LogP contribution in [0.1, 0.15) is 51.2 Å². The van der Waals surface area contributed by atoms with E-state index >= 15 is 0 Å². The Morgan fingerprint density at radius 1 is 1.29 bits per heavy atom. The lowest BCUT2D eigenvalue weighted by atomic mass is 10.1. The molecular weight excluding hydrogens is 256 g/mol. The van der Waals surface area contributed by atoms with Crippen molar-refractivity contribution >= 4 is 5.69 Å². The summed E-state index contributed by atoms with van der Waals surface area (Å²) in [5, 5.41) is 3.61. The lowest BCUT2D eigenvalue weighted by Gasteiger charge is -2.27. The van der Waals surface area contributed by atoms with Crippen molar-refractivity contribution in [3.63, 3.8) is 0 Å². The number of hydrogen-bond donors (Lipinski definition) is 1. The Morgan fingerprint density at radius 3 is 2.67 bits per heavy atom. The first-order chi connectivity index (χ1) is 10.1. The number of aryl methyl sites for hydroxylation is 1. The Morgan fingerprint density at radius 2 is 2.05 bits per heavy atom. The summed E-state index contributed by atoms with van der Waals surface area (Å²) in [5.74, 6) is 1.64. The number of rotatable bonds is 9. The van der Waals surface area contributed by atoms with Crippen molar-refractivity contribution in [1.29, 1.82) is 0 Å². The Kier molecular flexibility index (Phi) is 6.10. The average Bonchev–Trinajstić information content (AvgIpc) is 3.22. The second kappa shape index (κ2) is 7.84. The molecule has 2 rings (SSSR count). The summed E-state index contributed by atoms with van der Waals surface area (Å²) < 4.78 is 0. The van der Waals surface area contributed by atoms with Gasteiger partial charge in [0.15, 0.2) is 0 Å². The molecule has 0 aliphatic heterocycles. The maximum atomic E-state index is 3.61. The summed E-state index contributed by atoms with van der Waals surface area (Å²) in [7, 11) is 0. The highest BCUT2D eigenvalue weighted by Crippen LogP contribution is 2.32. The second-order valence-electron chi connectivity index (χ2n) is 7.05. The fourth-order valence-corrected chi connectivity index (χ4v) is 2.85. The smallest absolute Gasteiger partial charge is 0.0412 e. The first-order valence-electron chi connectivity index (χ1n) is 8.65. The van der Waals surface area contributed by atoms with E-state index < -0.39 is 0 Å². The van der Waals surface area contributed by atoms with Crippen LogP contribution in [-0.2, 0) is 6.54 Å². The third-order valence-corrected chi connectivity index (χ3v) is 4.11. The van der Waals surface area contributed by atoms with E-state index in [1.165, 1.54) is 49.2 Å². The molecule has 0 aromatic heterocycles. The van der Waals surface area contributed by atoms with Gasteiger partial charge in [-0.3, -0.25) is 0 Å². The third kappa shape index (κ3) is 5.35. The lowest BCUT2D eigenvalue weighted by Crippen LogP contribution is -2.29. The SMILES string of the molecule is CCCN(CC1CC1)c1ccc(C)cc1CNCC(C)C. The Hall–Kier alpha value is -1.02. The predicted molar refractivity (Wildman–Crippen MR) is 93.0 cm³/mol. The minimum Gasteiger partial charge on any atom is -0.371 e. The van der Waals surface area contributed by atoms with Gasteiger partial charge in [0.1, 0.15) is 0 Å². The van der Waals surface area contributed by atoms with Gasteiger partial charge in [-0.1, -0.05) is 38.5 Å². The monoisotopic (exact) mass is 288 g/mol. The van der Waals surface area contributed by atoms with Crippen molar-refractivity contribution in [1.82, 2.24) is 5.32 Å². The number of benzene rings is 1. The normalized spacial score (nSPS) is 14.7. The van der Waals surface area contributed by atoms with Gasteiger partial charge in [-0.05, 0) is 56.2 Å². The summed E-state index contributed by atoms with van der Waals surface area (Å²) in [6.45, 7) is 13.5.